The molecule has 2 saturated heterocycles. The van der Waals surface area contributed by atoms with E-state index in [0.717, 1.165) is 26.2 Å². The monoisotopic (exact) mass is 302 g/mol. The predicted molar refractivity (Wildman–Crippen MR) is 84.8 cm³/mol. The molecule has 3 rings (SSSR count). The average Bonchev–Trinajstić information content (AvgIpc) is 3.00. The van der Waals surface area contributed by atoms with E-state index in [1.807, 2.05) is 25.1 Å². The van der Waals surface area contributed by atoms with E-state index in [1.54, 1.807) is 0 Å². The molecule has 22 heavy (non-hydrogen) atoms. The Kier molecular flexibility index (Phi) is 4.29. The van der Waals surface area contributed by atoms with E-state index in [9.17, 15) is 9.59 Å². The summed E-state index contributed by atoms with van der Waals surface area (Å²) in [7, 11) is 0. The number of urea groups is 1. The molecule has 2 aliphatic rings. The summed E-state index contributed by atoms with van der Waals surface area (Å²) >= 11 is 0. The third-order valence-corrected chi connectivity index (χ3v) is 4.46. The number of anilines is 1. The Bertz CT molecular complexity index is 540. The first-order valence-electron chi connectivity index (χ1n) is 7.80. The number of carbonyl (C=O) groups excluding carboxylic acids is 2. The Balaban J connectivity index is 1.57. The van der Waals surface area contributed by atoms with Gasteiger partial charge in [-0.3, -0.25) is 14.6 Å². The van der Waals surface area contributed by atoms with Gasteiger partial charge in [0, 0.05) is 45.0 Å². The van der Waals surface area contributed by atoms with Gasteiger partial charge in [0.1, 0.15) is 0 Å². The molecule has 0 aromatic heterocycles. The third kappa shape index (κ3) is 2.92. The van der Waals surface area contributed by atoms with Gasteiger partial charge in [0.25, 0.3) is 0 Å². The van der Waals surface area contributed by atoms with Gasteiger partial charge in [-0.2, -0.15) is 0 Å². The first-order chi connectivity index (χ1) is 10.7. The van der Waals surface area contributed by atoms with Crippen molar-refractivity contribution in [3.63, 3.8) is 0 Å². The fourth-order valence-corrected chi connectivity index (χ4v) is 3.07. The average molecular weight is 302 g/mol. The fraction of sp³-hybridized carbons (Fsp3) is 0.500. The number of nitrogens with zero attached hydrogens (tertiary/aromatic N) is 3. The number of hydrogen-bond donors (Lipinski definition) is 1. The Morgan fingerprint density at radius 1 is 1.09 bits per heavy atom. The van der Waals surface area contributed by atoms with Gasteiger partial charge in [-0.15, -0.1) is 0 Å². The van der Waals surface area contributed by atoms with E-state index in [0.29, 0.717) is 13.1 Å². The van der Waals surface area contributed by atoms with E-state index >= 15 is 0 Å². The van der Waals surface area contributed by atoms with Crippen molar-refractivity contribution in [1.29, 1.82) is 0 Å². The van der Waals surface area contributed by atoms with Crippen molar-refractivity contribution < 1.29 is 9.59 Å². The zero-order valence-corrected chi connectivity index (χ0v) is 12.9. The Morgan fingerprint density at radius 2 is 1.77 bits per heavy atom. The number of carbonyl (C=O) groups is 2. The Hall–Kier alpha value is -2.08. The minimum absolute atomic E-state index is 0.0943. The maximum atomic E-state index is 12.4. The van der Waals surface area contributed by atoms with E-state index in [-0.39, 0.29) is 18.0 Å². The summed E-state index contributed by atoms with van der Waals surface area (Å²) in [6.07, 6.45) is 0. The highest BCUT2D eigenvalue weighted by Gasteiger charge is 2.33. The summed E-state index contributed by atoms with van der Waals surface area (Å²) < 4.78 is 0. The van der Waals surface area contributed by atoms with Crippen LogP contribution in [0.5, 0.6) is 0 Å². The van der Waals surface area contributed by atoms with Crippen molar-refractivity contribution in [1.82, 2.24) is 15.1 Å². The van der Waals surface area contributed by atoms with E-state index in [4.69, 9.17) is 0 Å². The molecule has 1 atom stereocenters. The number of benzene rings is 1. The molecule has 0 spiro atoms. The second-order valence-corrected chi connectivity index (χ2v) is 5.76. The molecule has 2 aliphatic heterocycles. The number of amides is 3. The van der Waals surface area contributed by atoms with E-state index in [2.05, 4.69) is 27.2 Å². The zero-order valence-electron chi connectivity index (χ0n) is 12.9. The number of imide groups is 1. The lowest BCUT2D eigenvalue weighted by Gasteiger charge is -2.39. The SMILES string of the molecule is C[C@@H](C(=O)N1CCNC1=O)N1CCN(c2ccccc2)CC1. The van der Waals surface area contributed by atoms with Crippen LogP contribution < -0.4 is 10.2 Å². The van der Waals surface area contributed by atoms with Crippen LogP contribution in [0.1, 0.15) is 6.92 Å². The summed E-state index contributed by atoms with van der Waals surface area (Å²) in [6, 6.07) is 9.81. The fourth-order valence-electron chi connectivity index (χ4n) is 3.07. The lowest BCUT2D eigenvalue weighted by molar-refractivity contribution is -0.132. The van der Waals surface area contributed by atoms with Gasteiger partial charge < -0.3 is 10.2 Å². The second kappa shape index (κ2) is 6.36. The van der Waals surface area contributed by atoms with E-state index in [1.165, 1.54) is 10.6 Å². The minimum atomic E-state index is -0.264. The lowest BCUT2D eigenvalue weighted by Crippen LogP contribution is -2.55. The Morgan fingerprint density at radius 3 is 2.36 bits per heavy atom. The van der Waals surface area contributed by atoms with Gasteiger partial charge in [-0.1, -0.05) is 18.2 Å². The van der Waals surface area contributed by atoms with Crippen molar-refractivity contribution in [3.05, 3.63) is 30.3 Å². The van der Waals surface area contributed by atoms with Crippen LogP contribution in [0.4, 0.5) is 10.5 Å². The van der Waals surface area contributed by atoms with Gasteiger partial charge in [0.15, 0.2) is 0 Å². The van der Waals surface area contributed by atoms with Crippen molar-refractivity contribution in [2.24, 2.45) is 0 Å². The summed E-state index contributed by atoms with van der Waals surface area (Å²) in [4.78, 5) is 29.8. The third-order valence-electron chi connectivity index (χ3n) is 4.46. The maximum Gasteiger partial charge on any atom is 0.324 e. The van der Waals surface area contributed by atoms with Crippen molar-refractivity contribution in [3.8, 4) is 0 Å². The van der Waals surface area contributed by atoms with Gasteiger partial charge in [0.2, 0.25) is 5.91 Å². The van der Waals surface area contributed by atoms with E-state index < -0.39 is 0 Å². The largest absolute Gasteiger partial charge is 0.369 e. The standard InChI is InChI=1S/C16H22N4O2/c1-13(15(21)20-8-7-17-16(20)22)18-9-11-19(12-10-18)14-5-3-2-4-6-14/h2-6,13H,7-12H2,1H3,(H,17,22)/t13-/m0/s1. The van der Waals surface area contributed by atoms with Crippen molar-refractivity contribution >= 4 is 17.6 Å². The molecular formula is C16H22N4O2. The first kappa shape index (κ1) is 14.8. The zero-order chi connectivity index (χ0) is 15.5. The molecule has 2 fully saturated rings. The maximum absolute atomic E-state index is 12.4. The number of nitrogens with one attached hydrogen (secondary N) is 1. The van der Waals surface area contributed by atoms with Crippen LogP contribution in [0.2, 0.25) is 0 Å². The number of para-hydroxylation sites is 1. The summed E-state index contributed by atoms with van der Waals surface area (Å²) in [5.41, 5.74) is 1.22. The van der Waals surface area contributed by atoms with Crippen LogP contribution in [-0.2, 0) is 4.79 Å². The molecule has 1 aromatic rings. The van der Waals surface area contributed by atoms with Crippen molar-refractivity contribution in [2.45, 2.75) is 13.0 Å². The highest BCUT2D eigenvalue weighted by atomic mass is 16.2. The lowest BCUT2D eigenvalue weighted by atomic mass is 10.2. The molecule has 6 nitrogen and oxygen atoms in total. The van der Waals surface area contributed by atoms with Crippen LogP contribution in [-0.4, -0.2) is 67.0 Å². The number of piperazine rings is 1. The Labute approximate surface area is 130 Å². The molecular weight excluding hydrogens is 280 g/mol. The molecule has 2 heterocycles. The number of rotatable bonds is 3. The van der Waals surface area contributed by atoms with Crippen LogP contribution >= 0.6 is 0 Å². The number of hydrogen-bond acceptors (Lipinski definition) is 4. The van der Waals surface area contributed by atoms with Crippen LogP contribution in [0.25, 0.3) is 0 Å². The molecule has 0 aliphatic carbocycles. The predicted octanol–water partition coefficient (Wildman–Crippen LogP) is 0.749. The molecule has 118 valence electrons. The van der Waals surface area contributed by atoms with Crippen molar-refractivity contribution in [2.75, 3.05) is 44.2 Å². The van der Waals surface area contributed by atoms with Gasteiger partial charge in [-0.05, 0) is 19.1 Å². The molecule has 6 heteroatoms. The highest BCUT2D eigenvalue weighted by molar-refractivity contribution is 5.98. The normalized spacial score (nSPS) is 20.9. The highest BCUT2D eigenvalue weighted by Crippen LogP contribution is 2.17. The second-order valence-electron chi connectivity index (χ2n) is 5.76. The summed E-state index contributed by atoms with van der Waals surface area (Å²) in [6.45, 7) is 6.38. The first-order valence-corrected chi connectivity index (χ1v) is 7.80. The molecule has 0 radical (unpaired) electrons. The van der Waals surface area contributed by atoms with Crippen LogP contribution in [0.3, 0.4) is 0 Å². The van der Waals surface area contributed by atoms with Gasteiger partial charge in [-0.25, -0.2) is 4.79 Å². The quantitative estimate of drug-likeness (QED) is 0.895. The molecule has 0 unspecified atom stereocenters. The molecule has 0 bridgehead atoms. The van der Waals surface area contributed by atoms with Crippen LogP contribution in [0, 0.1) is 0 Å². The molecule has 1 N–H and O–H groups in total. The van der Waals surface area contributed by atoms with Gasteiger partial charge >= 0.3 is 6.03 Å². The topological polar surface area (TPSA) is 55.9 Å². The van der Waals surface area contributed by atoms with Gasteiger partial charge in [0.05, 0.1) is 6.04 Å². The smallest absolute Gasteiger partial charge is 0.324 e. The molecule has 0 saturated carbocycles. The molecule has 1 aromatic carbocycles. The summed E-state index contributed by atoms with van der Waals surface area (Å²) in [5.74, 6) is -0.0943. The van der Waals surface area contributed by atoms with Crippen LogP contribution in [0.15, 0.2) is 30.3 Å². The molecule has 3 amide bonds. The minimum Gasteiger partial charge on any atom is -0.369 e. The summed E-state index contributed by atoms with van der Waals surface area (Å²) in [5, 5.41) is 2.68.